The van der Waals surface area contributed by atoms with Gasteiger partial charge in [-0.1, -0.05) is 0 Å². The lowest BCUT2D eigenvalue weighted by molar-refractivity contribution is 0.629. The van der Waals surface area contributed by atoms with E-state index in [1.165, 1.54) is 12.1 Å². The first-order valence-corrected chi connectivity index (χ1v) is 5.22. The number of nitrogens with one attached hydrogen (secondary N) is 1. The van der Waals surface area contributed by atoms with Crippen molar-refractivity contribution in [3.63, 3.8) is 0 Å². The van der Waals surface area contributed by atoms with Crippen molar-refractivity contribution in [1.82, 2.24) is 4.98 Å². The van der Waals surface area contributed by atoms with E-state index in [1.54, 1.807) is 6.07 Å². The number of rotatable bonds is 3. The van der Waals surface area contributed by atoms with E-state index in [-0.39, 0.29) is 11.9 Å². The van der Waals surface area contributed by atoms with Crippen LogP contribution in [0.3, 0.4) is 0 Å². The number of anilines is 1. The Kier molecular flexibility index (Phi) is 3.01. The molecule has 2 rings (SSSR count). The minimum absolute atomic E-state index is 0.151. The molecule has 0 aliphatic rings. The zero-order valence-electron chi connectivity index (χ0n) is 9.07. The van der Waals surface area contributed by atoms with Crippen LogP contribution < -0.4 is 11.1 Å². The molecule has 1 heterocycles. The average Bonchev–Trinajstić information content (AvgIpc) is 2.28. The van der Waals surface area contributed by atoms with Gasteiger partial charge in [0.1, 0.15) is 11.6 Å². The number of nitrogens with zero attached hydrogens (tertiary/aromatic N) is 1. The second kappa shape index (κ2) is 4.45. The molecule has 0 amide bonds. The molecule has 1 aromatic heterocycles. The zero-order valence-corrected chi connectivity index (χ0v) is 9.07. The number of halogens is 1. The normalized spacial score (nSPS) is 12.7. The van der Waals surface area contributed by atoms with E-state index in [2.05, 4.69) is 10.3 Å². The summed E-state index contributed by atoms with van der Waals surface area (Å²) < 4.78 is 13.0. The summed E-state index contributed by atoms with van der Waals surface area (Å²) in [5, 5.41) is 4.07. The van der Waals surface area contributed by atoms with E-state index in [0.29, 0.717) is 12.1 Å². The molecule has 1 unspecified atom stereocenters. The molecule has 0 spiro atoms. The highest BCUT2D eigenvalue weighted by Crippen LogP contribution is 2.16. The number of benzene rings is 1. The molecule has 84 valence electrons. The van der Waals surface area contributed by atoms with Crippen molar-refractivity contribution >= 4 is 16.7 Å². The lowest BCUT2D eigenvalue weighted by Gasteiger charge is -2.12. The molecule has 16 heavy (non-hydrogen) atoms. The first-order chi connectivity index (χ1) is 7.69. The van der Waals surface area contributed by atoms with Crippen molar-refractivity contribution in [3.8, 4) is 0 Å². The van der Waals surface area contributed by atoms with Gasteiger partial charge < -0.3 is 11.1 Å². The van der Waals surface area contributed by atoms with Crippen LogP contribution in [0, 0.1) is 5.82 Å². The topological polar surface area (TPSA) is 50.9 Å². The number of aromatic nitrogens is 1. The van der Waals surface area contributed by atoms with E-state index in [4.69, 9.17) is 5.73 Å². The van der Waals surface area contributed by atoms with Gasteiger partial charge in [-0.3, -0.25) is 0 Å². The summed E-state index contributed by atoms with van der Waals surface area (Å²) in [5.74, 6) is 0.445. The number of hydrogen-bond donors (Lipinski definition) is 2. The number of nitrogens with two attached hydrogens (primary N) is 1. The molecule has 0 aliphatic heterocycles. The van der Waals surface area contributed by atoms with Crippen LogP contribution in [0.4, 0.5) is 10.2 Å². The Labute approximate surface area is 93.5 Å². The van der Waals surface area contributed by atoms with Crippen LogP contribution in [0.25, 0.3) is 10.9 Å². The summed E-state index contributed by atoms with van der Waals surface area (Å²) in [5.41, 5.74) is 6.15. The maximum absolute atomic E-state index is 13.0. The van der Waals surface area contributed by atoms with Crippen LogP contribution in [0.5, 0.6) is 0 Å². The molecule has 0 fully saturated rings. The predicted octanol–water partition coefficient (Wildman–Crippen LogP) is 2.13. The molecular formula is C12H14FN3. The highest BCUT2D eigenvalue weighted by molar-refractivity contribution is 5.80. The van der Waals surface area contributed by atoms with Crippen LogP contribution in [0.15, 0.2) is 30.3 Å². The van der Waals surface area contributed by atoms with E-state index in [9.17, 15) is 4.39 Å². The van der Waals surface area contributed by atoms with Crippen molar-refractivity contribution in [1.29, 1.82) is 0 Å². The first kappa shape index (κ1) is 10.8. The van der Waals surface area contributed by atoms with Crippen molar-refractivity contribution in [2.75, 3.05) is 11.9 Å². The maximum Gasteiger partial charge on any atom is 0.126 e. The molecule has 2 aromatic rings. The lowest BCUT2D eigenvalue weighted by Crippen LogP contribution is -2.25. The van der Waals surface area contributed by atoms with Crippen LogP contribution in [0.2, 0.25) is 0 Å². The lowest BCUT2D eigenvalue weighted by atomic mass is 10.2. The summed E-state index contributed by atoms with van der Waals surface area (Å²) >= 11 is 0. The Hall–Kier alpha value is -1.68. The van der Waals surface area contributed by atoms with E-state index < -0.39 is 0 Å². The smallest absolute Gasteiger partial charge is 0.126 e. The van der Waals surface area contributed by atoms with Gasteiger partial charge >= 0.3 is 0 Å². The third-order valence-electron chi connectivity index (χ3n) is 2.40. The van der Waals surface area contributed by atoms with E-state index in [1.807, 2.05) is 19.1 Å². The van der Waals surface area contributed by atoms with Crippen molar-refractivity contribution in [2.45, 2.75) is 13.0 Å². The molecule has 0 saturated carbocycles. The summed E-state index contributed by atoms with van der Waals surface area (Å²) in [4.78, 5) is 4.32. The predicted molar refractivity (Wildman–Crippen MR) is 63.8 cm³/mol. The second-order valence-corrected chi connectivity index (χ2v) is 3.81. The molecule has 1 atom stereocenters. The van der Waals surface area contributed by atoms with E-state index >= 15 is 0 Å². The SMILES string of the molecule is CC(CN)Nc1ccc2ccc(F)cc2n1. The molecule has 0 bridgehead atoms. The van der Waals surface area contributed by atoms with Gasteiger partial charge in [-0.25, -0.2) is 9.37 Å². The van der Waals surface area contributed by atoms with Crippen LogP contribution in [-0.4, -0.2) is 17.6 Å². The van der Waals surface area contributed by atoms with Crippen molar-refractivity contribution in [2.24, 2.45) is 5.73 Å². The molecule has 3 N–H and O–H groups in total. The fourth-order valence-corrected chi connectivity index (χ4v) is 1.48. The van der Waals surface area contributed by atoms with Gasteiger partial charge in [0.05, 0.1) is 5.52 Å². The summed E-state index contributed by atoms with van der Waals surface area (Å²) in [6, 6.07) is 8.50. The highest BCUT2D eigenvalue weighted by Gasteiger charge is 2.02. The Balaban J connectivity index is 2.35. The second-order valence-electron chi connectivity index (χ2n) is 3.81. The highest BCUT2D eigenvalue weighted by atomic mass is 19.1. The standard InChI is InChI=1S/C12H14FN3/c1-8(7-14)15-12-5-3-9-2-4-10(13)6-11(9)16-12/h2-6,8H,7,14H2,1H3,(H,15,16). The molecule has 0 saturated heterocycles. The summed E-state index contributed by atoms with van der Waals surface area (Å²) in [6.07, 6.45) is 0. The third-order valence-corrected chi connectivity index (χ3v) is 2.40. The molecule has 1 aromatic carbocycles. The third kappa shape index (κ3) is 2.28. The summed E-state index contributed by atoms with van der Waals surface area (Å²) in [7, 11) is 0. The van der Waals surface area contributed by atoms with Crippen LogP contribution in [-0.2, 0) is 0 Å². The Morgan fingerprint density at radius 2 is 2.12 bits per heavy atom. The van der Waals surface area contributed by atoms with Crippen LogP contribution in [0.1, 0.15) is 6.92 Å². The molecule has 4 heteroatoms. The summed E-state index contributed by atoms with van der Waals surface area (Å²) in [6.45, 7) is 2.50. The zero-order chi connectivity index (χ0) is 11.5. The van der Waals surface area contributed by atoms with Gasteiger partial charge in [0.15, 0.2) is 0 Å². The van der Waals surface area contributed by atoms with Crippen LogP contribution >= 0.6 is 0 Å². The molecule has 3 nitrogen and oxygen atoms in total. The van der Waals surface area contributed by atoms with Crippen molar-refractivity contribution in [3.05, 3.63) is 36.1 Å². The first-order valence-electron chi connectivity index (χ1n) is 5.22. The maximum atomic E-state index is 13.0. The number of pyridine rings is 1. The Morgan fingerprint density at radius 3 is 2.88 bits per heavy atom. The minimum atomic E-state index is -0.274. The van der Waals surface area contributed by atoms with Gasteiger partial charge in [0.2, 0.25) is 0 Å². The molecule has 0 radical (unpaired) electrons. The Morgan fingerprint density at radius 1 is 1.38 bits per heavy atom. The fraction of sp³-hybridized carbons (Fsp3) is 0.250. The van der Waals surface area contributed by atoms with Gasteiger partial charge in [0, 0.05) is 24.0 Å². The monoisotopic (exact) mass is 219 g/mol. The van der Waals surface area contributed by atoms with Gasteiger partial charge in [-0.05, 0) is 31.2 Å². The van der Waals surface area contributed by atoms with Crippen molar-refractivity contribution < 1.29 is 4.39 Å². The average molecular weight is 219 g/mol. The molecular weight excluding hydrogens is 205 g/mol. The fourth-order valence-electron chi connectivity index (χ4n) is 1.48. The van der Waals surface area contributed by atoms with E-state index in [0.717, 1.165) is 11.2 Å². The van der Waals surface area contributed by atoms with Gasteiger partial charge in [0.25, 0.3) is 0 Å². The number of fused-ring (bicyclic) bond motifs is 1. The molecule has 0 aliphatic carbocycles. The Bertz CT molecular complexity index is 499. The van der Waals surface area contributed by atoms with Gasteiger partial charge in [-0.15, -0.1) is 0 Å². The minimum Gasteiger partial charge on any atom is -0.366 e. The van der Waals surface area contributed by atoms with Gasteiger partial charge in [-0.2, -0.15) is 0 Å². The quantitative estimate of drug-likeness (QED) is 0.831. The number of hydrogen-bond acceptors (Lipinski definition) is 3. The largest absolute Gasteiger partial charge is 0.366 e.